The van der Waals surface area contributed by atoms with Crippen LogP contribution in [0.3, 0.4) is 0 Å². The number of nitrogens with zero attached hydrogens (tertiary/aromatic N) is 3. The largest absolute Gasteiger partial charge is 0.333 e. The summed E-state index contributed by atoms with van der Waals surface area (Å²) in [6, 6.07) is 4.18. The van der Waals surface area contributed by atoms with Gasteiger partial charge in [0.05, 0.1) is 11.2 Å². The van der Waals surface area contributed by atoms with Gasteiger partial charge in [-0.15, -0.1) is 0 Å². The predicted molar refractivity (Wildman–Crippen MR) is 106 cm³/mol. The number of aryl methyl sites for hydroxylation is 1. The molecule has 3 heterocycles. The lowest BCUT2D eigenvalue weighted by atomic mass is 9.81. The molecule has 0 aliphatic carbocycles. The zero-order valence-electron chi connectivity index (χ0n) is 15.1. The maximum absolute atomic E-state index is 15.2. The van der Waals surface area contributed by atoms with Crippen molar-refractivity contribution in [1.82, 2.24) is 13.7 Å². The first-order valence-corrected chi connectivity index (χ1v) is 9.46. The van der Waals surface area contributed by atoms with Crippen LogP contribution < -0.4 is 11.2 Å². The van der Waals surface area contributed by atoms with Crippen molar-refractivity contribution in [1.29, 1.82) is 0 Å². The third kappa shape index (κ3) is 2.55. The minimum atomic E-state index is -1.03. The van der Waals surface area contributed by atoms with Gasteiger partial charge < -0.3 is 4.57 Å². The molecular formula is C18H17BBrF2N3O2. The molecule has 9 heteroatoms. The SMILES string of the molecule is BC(C)(C)n1c(=O)n(-c2ccc(Br)cc2F)c2c(F)c(=O)n3c(c21)CCC3. The summed E-state index contributed by atoms with van der Waals surface area (Å²) >= 11 is 3.18. The summed E-state index contributed by atoms with van der Waals surface area (Å²) in [5.41, 5.74) is -1.28. The van der Waals surface area contributed by atoms with Gasteiger partial charge in [-0.2, -0.15) is 4.39 Å². The van der Waals surface area contributed by atoms with Crippen molar-refractivity contribution in [3.8, 4) is 5.69 Å². The lowest BCUT2D eigenvalue weighted by Crippen LogP contribution is -2.37. The van der Waals surface area contributed by atoms with E-state index >= 15 is 4.39 Å². The highest BCUT2D eigenvalue weighted by molar-refractivity contribution is 9.10. The summed E-state index contributed by atoms with van der Waals surface area (Å²) in [4.78, 5) is 25.8. The number of benzene rings is 1. The summed E-state index contributed by atoms with van der Waals surface area (Å²) in [6.07, 6.45) is 1.26. The zero-order valence-corrected chi connectivity index (χ0v) is 16.7. The zero-order chi connectivity index (χ0) is 19.7. The van der Waals surface area contributed by atoms with E-state index in [1.165, 1.54) is 21.3 Å². The van der Waals surface area contributed by atoms with E-state index < -0.39 is 28.3 Å². The molecule has 0 N–H and O–H groups in total. The van der Waals surface area contributed by atoms with Gasteiger partial charge in [-0.05, 0) is 44.9 Å². The molecule has 0 saturated heterocycles. The Labute approximate surface area is 162 Å². The van der Waals surface area contributed by atoms with Crippen LogP contribution in [0.15, 0.2) is 32.3 Å². The van der Waals surface area contributed by atoms with E-state index in [1.807, 2.05) is 21.7 Å². The van der Waals surface area contributed by atoms with Gasteiger partial charge in [-0.25, -0.2) is 9.18 Å². The highest BCUT2D eigenvalue weighted by Crippen LogP contribution is 2.30. The monoisotopic (exact) mass is 435 g/mol. The van der Waals surface area contributed by atoms with Crippen molar-refractivity contribution in [2.45, 2.75) is 38.7 Å². The first kappa shape index (κ1) is 18.2. The van der Waals surface area contributed by atoms with Gasteiger partial charge in [0.15, 0.2) is 0 Å². The van der Waals surface area contributed by atoms with Crippen molar-refractivity contribution in [2.75, 3.05) is 0 Å². The highest BCUT2D eigenvalue weighted by Gasteiger charge is 2.32. The summed E-state index contributed by atoms with van der Waals surface area (Å²) in [5.74, 6) is -1.71. The van der Waals surface area contributed by atoms with E-state index in [0.29, 0.717) is 35.1 Å². The van der Waals surface area contributed by atoms with E-state index in [9.17, 15) is 14.0 Å². The maximum Gasteiger partial charge on any atom is 0.333 e. The number of hydrogen-bond acceptors (Lipinski definition) is 2. The summed E-state index contributed by atoms with van der Waals surface area (Å²) in [7, 11) is 1.82. The molecule has 1 aromatic carbocycles. The molecule has 0 atom stereocenters. The molecule has 0 unspecified atom stereocenters. The van der Waals surface area contributed by atoms with Gasteiger partial charge >= 0.3 is 5.69 Å². The van der Waals surface area contributed by atoms with Gasteiger partial charge in [0.25, 0.3) is 5.56 Å². The Bertz CT molecular complexity index is 1220. The number of halogens is 3. The molecular weight excluding hydrogens is 419 g/mol. The second-order valence-electron chi connectivity index (χ2n) is 7.74. The molecule has 1 aliphatic rings. The fraction of sp³-hybridized carbons (Fsp3) is 0.333. The van der Waals surface area contributed by atoms with Crippen molar-refractivity contribution in [2.24, 2.45) is 0 Å². The number of pyridine rings is 1. The fourth-order valence-corrected chi connectivity index (χ4v) is 4.18. The van der Waals surface area contributed by atoms with Crippen LogP contribution in [0, 0.1) is 11.6 Å². The van der Waals surface area contributed by atoms with Gasteiger partial charge in [0, 0.05) is 22.1 Å². The molecule has 0 amide bonds. The molecule has 0 bridgehead atoms. The predicted octanol–water partition coefficient (Wildman–Crippen LogP) is 2.27. The smallest absolute Gasteiger partial charge is 0.308 e. The molecule has 27 heavy (non-hydrogen) atoms. The van der Waals surface area contributed by atoms with Crippen molar-refractivity contribution >= 4 is 34.8 Å². The van der Waals surface area contributed by atoms with E-state index in [4.69, 9.17) is 0 Å². The number of fused-ring (bicyclic) bond motifs is 3. The van der Waals surface area contributed by atoms with E-state index in [1.54, 1.807) is 6.07 Å². The molecule has 0 saturated carbocycles. The standard InChI is InChI=1S/C18H17BBrF2N3O2/c1-18(2,19)25-14-12-4-3-7-23(12)16(26)13(22)15(14)24(17(25)27)11-6-5-9(20)8-10(11)21/h5-6,8H,3-4,7,19H2,1-2H3. The summed E-state index contributed by atoms with van der Waals surface area (Å²) < 4.78 is 34.1. The molecule has 3 aromatic rings. The van der Waals surface area contributed by atoms with Crippen LogP contribution in [0.25, 0.3) is 16.7 Å². The molecule has 0 spiro atoms. The van der Waals surface area contributed by atoms with E-state index in [2.05, 4.69) is 15.9 Å². The average Bonchev–Trinajstić information content (AvgIpc) is 3.15. The Kier molecular flexibility index (Phi) is 4.00. The molecule has 0 radical (unpaired) electrons. The normalized spacial score (nSPS) is 14.1. The third-order valence-corrected chi connectivity index (χ3v) is 5.40. The molecule has 1 aliphatic heterocycles. The number of rotatable bonds is 2. The Hall–Kier alpha value is -2.16. The van der Waals surface area contributed by atoms with Crippen LogP contribution in [0.2, 0.25) is 0 Å². The lowest BCUT2D eigenvalue weighted by molar-refractivity contribution is 0.512. The molecule has 4 rings (SSSR count). The second-order valence-corrected chi connectivity index (χ2v) is 8.65. The Morgan fingerprint density at radius 2 is 1.89 bits per heavy atom. The minimum absolute atomic E-state index is 0.0857. The number of hydrogen-bond donors (Lipinski definition) is 0. The van der Waals surface area contributed by atoms with Crippen LogP contribution in [-0.2, 0) is 18.4 Å². The van der Waals surface area contributed by atoms with E-state index in [0.717, 1.165) is 4.57 Å². The molecule has 140 valence electrons. The van der Waals surface area contributed by atoms with Crippen molar-refractivity contribution < 1.29 is 8.78 Å². The van der Waals surface area contributed by atoms with E-state index in [-0.39, 0.29) is 11.2 Å². The van der Waals surface area contributed by atoms with Crippen LogP contribution in [-0.4, -0.2) is 21.5 Å². The van der Waals surface area contributed by atoms with Crippen LogP contribution >= 0.6 is 15.9 Å². The Balaban J connectivity index is 2.28. The van der Waals surface area contributed by atoms with Gasteiger partial charge in [0.1, 0.15) is 19.2 Å². The van der Waals surface area contributed by atoms with Crippen LogP contribution in [0.1, 0.15) is 26.0 Å². The quantitative estimate of drug-likeness (QED) is 0.580. The Morgan fingerprint density at radius 3 is 2.52 bits per heavy atom. The second kappa shape index (κ2) is 5.92. The Morgan fingerprint density at radius 1 is 1.19 bits per heavy atom. The summed E-state index contributed by atoms with van der Waals surface area (Å²) in [5, 5.41) is 0. The minimum Gasteiger partial charge on any atom is -0.308 e. The maximum atomic E-state index is 15.2. The summed E-state index contributed by atoms with van der Waals surface area (Å²) in [6.45, 7) is 4.06. The van der Waals surface area contributed by atoms with Gasteiger partial charge in [-0.1, -0.05) is 15.9 Å². The van der Waals surface area contributed by atoms with Gasteiger partial charge in [0.2, 0.25) is 5.82 Å². The lowest BCUT2D eigenvalue weighted by Gasteiger charge is -2.22. The van der Waals surface area contributed by atoms with Crippen LogP contribution in [0.4, 0.5) is 8.78 Å². The van der Waals surface area contributed by atoms with Crippen molar-refractivity contribution in [3.05, 3.63) is 60.8 Å². The van der Waals surface area contributed by atoms with Crippen LogP contribution in [0.5, 0.6) is 0 Å². The molecule has 2 aromatic heterocycles. The molecule has 5 nitrogen and oxygen atoms in total. The van der Waals surface area contributed by atoms with Crippen molar-refractivity contribution in [3.63, 3.8) is 0 Å². The first-order chi connectivity index (χ1) is 12.6. The third-order valence-electron chi connectivity index (χ3n) is 4.91. The van der Waals surface area contributed by atoms with Gasteiger partial charge in [-0.3, -0.25) is 13.9 Å². The average molecular weight is 436 g/mol. The first-order valence-electron chi connectivity index (χ1n) is 8.67. The fourth-order valence-electron chi connectivity index (χ4n) is 3.84. The molecule has 0 fully saturated rings. The topological polar surface area (TPSA) is 48.9 Å². The number of aromatic nitrogens is 3. The number of imidazole rings is 1. The highest BCUT2D eigenvalue weighted by atomic mass is 79.9.